The fourth-order valence-electron chi connectivity index (χ4n) is 3.69. The number of benzene rings is 1. The second-order valence-corrected chi connectivity index (χ2v) is 6.47. The molecule has 130 valence electrons. The summed E-state index contributed by atoms with van der Waals surface area (Å²) >= 11 is 0. The topological polar surface area (TPSA) is 79.4 Å². The van der Waals surface area contributed by atoms with Gasteiger partial charge in [0.2, 0.25) is 5.95 Å². The van der Waals surface area contributed by atoms with Gasteiger partial charge in [-0.3, -0.25) is 4.99 Å². The molecule has 1 saturated heterocycles. The minimum absolute atomic E-state index is 0.0566. The maximum absolute atomic E-state index is 13.3. The zero-order valence-corrected chi connectivity index (χ0v) is 13.8. The van der Waals surface area contributed by atoms with Gasteiger partial charge in [0, 0.05) is 12.2 Å². The Morgan fingerprint density at radius 3 is 2.60 bits per heavy atom. The van der Waals surface area contributed by atoms with Gasteiger partial charge in [0.25, 0.3) is 0 Å². The number of nitrogens with two attached hydrogens (primary N) is 1. The predicted octanol–water partition coefficient (Wildman–Crippen LogP) is 2.08. The van der Waals surface area contributed by atoms with E-state index in [1.54, 1.807) is 18.3 Å². The van der Waals surface area contributed by atoms with Crippen LogP contribution in [-0.4, -0.2) is 40.3 Å². The van der Waals surface area contributed by atoms with E-state index in [4.69, 9.17) is 10.7 Å². The quantitative estimate of drug-likeness (QED) is 0.894. The summed E-state index contributed by atoms with van der Waals surface area (Å²) in [5.41, 5.74) is 7.63. The Morgan fingerprint density at radius 2 is 1.88 bits per heavy atom. The molecule has 0 bridgehead atoms. The molecular formula is C18H21FN6. The van der Waals surface area contributed by atoms with Gasteiger partial charge in [-0.15, -0.1) is 0 Å². The van der Waals surface area contributed by atoms with Crippen LogP contribution in [0, 0.1) is 5.82 Å². The predicted molar refractivity (Wildman–Crippen MR) is 94.5 cm³/mol. The van der Waals surface area contributed by atoms with E-state index in [1.807, 2.05) is 12.4 Å². The molecule has 1 aromatic heterocycles. The SMILES string of the molecule is Nc1nccc(C2C(c3ccc(F)cc3)N=CN2C2CCNCC2)n1. The smallest absolute Gasteiger partial charge is 0.220 e. The van der Waals surface area contributed by atoms with Gasteiger partial charge in [-0.25, -0.2) is 14.4 Å². The summed E-state index contributed by atoms with van der Waals surface area (Å²) in [6.45, 7) is 1.99. The molecule has 3 heterocycles. The first-order valence-electron chi connectivity index (χ1n) is 8.58. The summed E-state index contributed by atoms with van der Waals surface area (Å²) in [6, 6.07) is 8.63. The van der Waals surface area contributed by atoms with Crippen molar-refractivity contribution >= 4 is 12.3 Å². The summed E-state index contributed by atoms with van der Waals surface area (Å²) in [5, 5.41) is 3.39. The number of hydrogen-bond acceptors (Lipinski definition) is 6. The molecule has 2 atom stereocenters. The highest BCUT2D eigenvalue weighted by atomic mass is 19.1. The molecule has 0 radical (unpaired) electrons. The fraction of sp³-hybridized carbons (Fsp3) is 0.389. The molecule has 2 aliphatic rings. The number of aromatic nitrogens is 2. The summed E-state index contributed by atoms with van der Waals surface area (Å²) in [7, 11) is 0. The lowest BCUT2D eigenvalue weighted by atomic mass is 9.94. The lowest BCUT2D eigenvalue weighted by Gasteiger charge is -2.37. The number of rotatable bonds is 3. The summed E-state index contributed by atoms with van der Waals surface area (Å²) < 4.78 is 13.3. The van der Waals surface area contributed by atoms with Crippen molar-refractivity contribution in [1.29, 1.82) is 0 Å². The van der Waals surface area contributed by atoms with E-state index < -0.39 is 0 Å². The molecule has 0 saturated carbocycles. The molecular weight excluding hydrogens is 319 g/mol. The Bertz CT molecular complexity index is 756. The maximum atomic E-state index is 13.3. The molecule has 2 aromatic rings. The second-order valence-electron chi connectivity index (χ2n) is 6.47. The summed E-state index contributed by atoms with van der Waals surface area (Å²) in [4.78, 5) is 15.5. The van der Waals surface area contributed by atoms with Gasteiger partial charge in [0.1, 0.15) is 11.9 Å². The van der Waals surface area contributed by atoms with Crippen molar-refractivity contribution in [2.45, 2.75) is 31.0 Å². The first kappa shape index (κ1) is 16.0. The van der Waals surface area contributed by atoms with Crippen molar-refractivity contribution in [3.63, 3.8) is 0 Å². The first-order valence-corrected chi connectivity index (χ1v) is 8.58. The zero-order chi connectivity index (χ0) is 17.2. The van der Waals surface area contributed by atoms with Gasteiger partial charge in [-0.05, 0) is 49.7 Å². The van der Waals surface area contributed by atoms with Crippen molar-refractivity contribution in [3.05, 3.63) is 53.6 Å². The zero-order valence-electron chi connectivity index (χ0n) is 13.8. The van der Waals surface area contributed by atoms with Crippen molar-refractivity contribution in [1.82, 2.24) is 20.2 Å². The van der Waals surface area contributed by atoms with Gasteiger partial charge >= 0.3 is 0 Å². The highest BCUT2D eigenvalue weighted by Crippen LogP contribution is 2.41. The molecule has 4 rings (SSSR count). The molecule has 0 aliphatic carbocycles. The number of nitrogen functional groups attached to an aromatic ring is 1. The van der Waals surface area contributed by atoms with Gasteiger partial charge < -0.3 is 16.0 Å². The fourth-order valence-corrected chi connectivity index (χ4v) is 3.69. The van der Waals surface area contributed by atoms with Crippen LogP contribution in [-0.2, 0) is 0 Å². The Labute approximate surface area is 146 Å². The van der Waals surface area contributed by atoms with Crippen LogP contribution in [0.2, 0.25) is 0 Å². The van der Waals surface area contributed by atoms with Crippen LogP contribution in [0.3, 0.4) is 0 Å². The number of halogens is 1. The maximum Gasteiger partial charge on any atom is 0.220 e. The van der Waals surface area contributed by atoms with E-state index in [1.165, 1.54) is 12.1 Å². The average molecular weight is 340 g/mol. The molecule has 6 nitrogen and oxygen atoms in total. The third-order valence-corrected chi connectivity index (χ3v) is 4.92. The molecule has 1 aromatic carbocycles. The van der Waals surface area contributed by atoms with Gasteiger partial charge in [0.05, 0.1) is 18.1 Å². The van der Waals surface area contributed by atoms with Crippen molar-refractivity contribution < 1.29 is 4.39 Å². The van der Waals surface area contributed by atoms with E-state index >= 15 is 0 Å². The molecule has 3 N–H and O–H groups in total. The standard InChI is InChI=1S/C18H21FN6/c19-13-3-1-12(2-4-13)16-17(15-7-10-22-18(20)24-15)25(11-23-16)14-5-8-21-9-6-14/h1-4,7,10-11,14,16-17,21H,5-6,8-9H2,(H2,20,22,24). The van der Waals surface area contributed by atoms with Crippen LogP contribution in [0.1, 0.15) is 36.2 Å². The van der Waals surface area contributed by atoms with E-state index in [0.717, 1.165) is 37.2 Å². The Morgan fingerprint density at radius 1 is 1.12 bits per heavy atom. The summed E-state index contributed by atoms with van der Waals surface area (Å²) in [6.07, 6.45) is 5.71. The van der Waals surface area contributed by atoms with Crippen LogP contribution in [0.25, 0.3) is 0 Å². The molecule has 7 heteroatoms. The molecule has 0 amide bonds. The number of aliphatic imine (C=N–C) groups is 1. The molecule has 0 spiro atoms. The van der Waals surface area contributed by atoms with Gasteiger partial charge in [-0.2, -0.15) is 0 Å². The summed E-state index contributed by atoms with van der Waals surface area (Å²) in [5.74, 6) is 0.0104. The van der Waals surface area contributed by atoms with Crippen molar-refractivity contribution in [3.8, 4) is 0 Å². The monoisotopic (exact) mass is 340 g/mol. The van der Waals surface area contributed by atoms with Crippen LogP contribution >= 0.6 is 0 Å². The third kappa shape index (κ3) is 3.19. The molecule has 2 unspecified atom stereocenters. The van der Waals surface area contributed by atoms with E-state index in [-0.39, 0.29) is 23.8 Å². The normalized spacial score (nSPS) is 24.0. The highest BCUT2D eigenvalue weighted by Gasteiger charge is 2.38. The highest BCUT2D eigenvalue weighted by molar-refractivity contribution is 5.61. The largest absolute Gasteiger partial charge is 0.368 e. The minimum Gasteiger partial charge on any atom is -0.368 e. The van der Waals surface area contributed by atoms with Crippen LogP contribution in [0.4, 0.5) is 10.3 Å². The lowest BCUT2D eigenvalue weighted by molar-refractivity contribution is 0.199. The second kappa shape index (κ2) is 6.76. The van der Waals surface area contributed by atoms with Crippen LogP contribution in [0.15, 0.2) is 41.5 Å². The van der Waals surface area contributed by atoms with Crippen molar-refractivity contribution in [2.75, 3.05) is 18.8 Å². The average Bonchev–Trinajstić information content (AvgIpc) is 3.08. The van der Waals surface area contributed by atoms with E-state index in [0.29, 0.717) is 6.04 Å². The Balaban J connectivity index is 1.70. The Hall–Kier alpha value is -2.54. The number of anilines is 1. The molecule has 25 heavy (non-hydrogen) atoms. The van der Waals surface area contributed by atoms with Crippen LogP contribution in [0.5, 0.6) is 0 Å². The lowest BCUT2D eigenvalue weighted by Crippen LogP contribution is -2.43. The third-order valence-electron chi connectivity index (χ3n) is 4.92. The van der Waals surface area contributed by atoms with Gasteiger partial charge in [0.15, 0.2) is 0 Å². The molecule has 2 aliphatic heterocycles. The van der Waals surface area contributed by atoms with E-state index in [2.05, 4.69) is 20.2 Å². The molecule has 1 fully saturated rings. The Kier molecular flexibility index (Phi) is 4.31. The van der Waals surface area contributed by atoms with E-state index in [9.17, 15) is 4.39 Å². The number of piperidine rings is 1. The number of nitrogens with zero attached hydrogens (tertiary/aromatic N) is 4. The van der Waals surface area contributed by atoms with Gasteiger partial charge in [-0.1, -0.05) is 12.1 Å². The van der Waals surface area contributed by atoms with Crippen LogP contribution < -0.4 is 11.1 Å². The number of nitrogens with one attached hydrogen (secondary N) is 1. The van der Waals surface area contributed by atoms with Crippen molar-refractivity contribution in [2.24, 2.45) is 4.99 Å². The first-order chi connectivity index (χ1) is 12.2. The minimum atomic E-state index is -0.247. The number of hydrogen-bond donors (Lipinski definition) is 2.